The Morgan fingerprint density at radius 3 is 1.30 bits per heavy atom. The Kier molecular flexibility index (Phi) is 10.6. The lowest BCUT2D eigenvalue weighted by Crippen LogP contribution is -2.74. The van der Waals surface area contributed by atoms with Gasteiger partial charge < -0.3 is 4.57 Å². The zero-order chi connectivity index (χ0) is 48.5. The van der Waals surface area contributed by atoms with Crippen molar-refractivity contribution in [3.05, 3.63) is 236 Å². The van der Waals surface area contributed by atoms with Gasteiger partial charge >= 0.3 is 0 Å². The molecule has 9 aromatic carbocycles. The first-order valence-corrected chi connectivity index (χ1v) is 26.7. The van der Waals surface area contributed by atoms with Crippen molar-refractivity contribution in [2.24, 2.45) is 0 Å². The smallest absolute Gasteiger partial charge is 0.238 e. The molecule has 344 valence electrons. The molecule has 3 aromatic heterocycles. The molecule has 0 radical (unpaired) electrons. The van der Waals surface area contributed by atoms with Gasteiger partial charge in [-0.25, -0.2) is 4.98 Å². The second kappa shape index (κ2) is 17.0. The number of hydrogen-bond donors (Lipinski definition) is 0. The topological polar surface area (TPSA) is 48.5 Å². The van der Waals surface area contributed by atoms with Crippen molar-refractivity contribution in [1.82, 2.24) is 24.1 Å². The number of fused-ring (bicyclic) bond motifs is 6. The van der Waals surface area contributed by atoms with Crippen LogP contribution in [0.3, 0.4) is 0 Å². The largest absolute Gasteiger partial charge is 0.309 e. The lowest BCUT2D eigenvalue weighted by Gasteiger charge is -2.34. The summed E-state index contributed by atoms with van der Waals surface area (Å²) in [6.07, 6.45) is 0. The van der Waals surface area contributed by atoms with Gasteiger partial charge in [0.15, 0.2) is 19.7 Å². The Balaban J connectivity index is 1.12. The molecule has 0 unspecified atom stereocenters. The summed E-state index contributed by atoms with van der Waals surface area (Å²) in [5.74, 6) is 1.78. The van der Waals surface area contributed by atoms with E-state index in [2.05, 4.69) is 275 Å². The fraction of sp³-hybridized carbons (Fsp3) is 0.123. The van der Waals surface area contributed by atoms with E-state index in [0.717, 1.165) is 38.6 Å². The molecule has 0 aliphatic rings. The third kappa shape index (κ3) is 7.40. The molecule has 6 heteroatoms. The van der Waals surface area contributed by atoms with Gasteiger partial charge in [0.05, 0.1) is 22.1 Å². The van der Waals surface area contributed by atoms with Crippen molar-refractivity contribution in [3.8, 4) is 34.4 Å². The quantitative estimate of drug-likeness (QED) is 0.113. The second-order valence-corrected chi connectivity index (χ2v) is 24.7. The Labute approximate surface area is 416 Å². The predicted molar refractivity (Wildman–Crippen MR) is 300 cm³/mol. The number of para-hydroxylation sites is 3. The first kappa shape index (κ1) is 44.0. The number of rotatable bonds is 8. The van der Waals surface area contributed by atoms with Gasteiger partial charge in [-0.2, -0.15) is 9.97 Å². The number of benzene rings is 9. The average Bonchev–Trinajstić information content (AvgIpc) is 3.92. The maximum atomic E-state index is 5.50. The van der Waals surface area contributed by atoms with Crippen LogP contribution in [0.15, 0.2) is 224 Å². The average molecular weight is 934 g/mol. The van der Waals surface area contributed by atoms with E-state index < -0.39 is 8.07 Å². The standard InChI is InChI=1S/C65H55N5Si/c1-64(2,3)46-42-55-54-36-18-19-37-57(54)69(60(55)56(43-46)65(4,5)6)47-26-22-24-44(40-47)61-66-62(68-63(67-61)70-58-38-20-16-34-52(58)53-35-17-21-39-59(53)70)45-25-23-33-51(41-45)71(48-27-10-7-11-28-48,49-29-12-8-13-30-49)50-31-14-9-15-32-50/h7-43H,1-6H3. The Morgan fingerprint density at radius 2 is 0.789 bits per heavy atom. The molecule has 5 nitrogen and oxygen atoms in total. The summed E-state index contributed by atoms with van der Waals surface area (Å²) in [7, 11) is -2.88. The van der Waals surface area contributed by atoms with E-state index in [1.54, 1.807) is 0 Å². The molecule has 0 saturated heterocycles. The molecule has 0 atom stereocenters. The van der Waals surface area contributed by atoms with Crippen LogP contribution >= 0.6 is 0 Å². The molecule has 71 heavy (non-hydrogen) atoms. The van der Waals surface area contributed by atoms with E-state index in [9.17, 15) is 0 Å². The minimum Gasteiger partial charge on any atom is -0.309 e. The van der Waals surface area contributed by atoms with Crippen molar-refractivity contribution < 1.29 is 0 Å². The third-order valence-corrected chi connectivity index (χ3v) is 19.2. The van der Waals surface area contributed by atoms with Crippen LogP contribution in [0.2, 0.25) is 0 Å². The van der Waals surface area contributed by atoms with Crippen molar-refractivity contribution >= 4 is 72.4 Å². The van der Waals surface area contributed by atoms with E-state index >= 15 is 0 Å². The van der Waals surface area contributed by atoms with Crippen LogP contribution in [-0.2, 0) is 10.8 Å². The van der Waals surface area contributed by atoms with E-state index in [4.69, 9.17) is 15.0 Å². The zero-order valence-corrected chi connectivity index (χ0v) is 42.1. The molecule has 0 saturated carbocycles. The Bertz CT molecular complexity index is 3800. The molecule has 0 amide bonds. The number of aromatic nitrogens is 5. The fourth-order valence-electron chi connectivity index (χ4n) is 11.0. The van der Waals surface area contributed by atoms with Crippen LogP contribution in [0.5, 0.6) is 0 Å². The Hall–Kier alpha value is -8.19. The van der Waals surface area contributed by atoms with Crippen molar-refractivity contribution in [1.29, 1.82) is 0 Å². The molecule has 0 spiro atoms. The summed E-state index contributed by atoms with van der Waals surface area (Å²) >= 11 is 0. The first-order valence-electron chi connectivity index (χ1n) is 24.7. The maximum Gasteiger partial charge on any atom is 0.238 e. The summed E-state index contributed by atoms with van der Waals surface area (Å²) in [4.78, 5) is 16.5. The fourth-order valence-corrected chi connectivity index (χ4v) is 15.8. The lowest BCUT2D eigenvalue weighted by molar-refractivity contribution is 0.572. The molecule has 12 rings (SSSR count). The molecule has 12 aromatic rings. The van der Waals surface area contributed by atoms with Crippen molar-refractivity contribution in [3.63, 3.8) is 0 Å². The molecule has 0 fully saturated rings. The van der Waals surface area contributed by atoms with Crippen LogP contribution in [0, 0.1) is 0 Å². The van der Waals surface area contributed by atoms with E-state index in [1.807, 2.05) is 0 Å². The molecular formula is C65H55N5Si. The van der Waals surface area contributed by atoms with Crippen LogP contribution < -0.4 is 20.7 Å². The van der Waals surface area contributed by atoms with Gasteiger partial charge in [-0.05, 0) is 79.1 Å². The van der Waals surface area contributed by atoms with Crippen LogP contribution in [0.1, 0.15) is 52.7 Å². The van der Waals surface area contributed by atoms with Crippen LogP contribution in [0.25, 0.3) is 78.0 Å². The molecule has 0 N–H and O–H groups in total. The van der Waals surface area contributed by atoms with E-state index in [0.29, 0.717) is 17.6 Å². The van der Waals surface area contributed by atoms with Gasteiger partial charge in [0.25, 0.3) is 0 Å². The minimum absolute atomic E-state index is 0.0182. The van der Waals surface area contributed by atoms with Crippen LogP contribution in [-0.4, -0.2) is 32.2 Å². The normalized spacial score (nSPS) is 12.4. The number of nitrogens with zero attached hydrogens (tertiary/aromatic N) is 5. The summed E-state index contributed by atoms with van der Waals surface area (Å²) in [5, 5.41) is 9.97. The summed E-state index contributed by atoms with van der Waals surface area (Å²) < 4.78 is 4.67. The van der Waals surface area contributed by atoms with E-state index in [1.165, 1.54) is 53.7 Å². The van der Waals surface area contributed by atoms with Gasteiger partial charge in [-0.15, -0.1) is 0 Å². The number of hydrogen-bond acceptors (Lipinski definition) is 3. The molecule has 0 aliphatic heterocycles. The Morgan fingerprint density at radius 1 is 0.352 bits per heavy atom. The minimum atomic E-state index is -2.88. The predicted octanol–water partition coefficient (Wildman–Crippen LogP) is 13.4. The van der Waals surface area contributed by atoms with Gasteiger partial charge in [0, 0.05) is 38.4 Å². The zero-order valence-electron chi connectivity index (χ0n) is 41.1. The third-order valence-electron chi connectivity index (χ3n) is 14.4. The summed E-state index contributed by atoms with van der Waals surface area (Å²) in [5.41, 5.74) is 9.86. The van der Waals surface area contributed by atoms with Gasteiger partial charge in [0.2, 0.25) is 5.95 Å². The maximum absolute atomic E-state index is 5.50. The van der Waals surface area contributed by atoms with Crippen molar-refractivity contribution in [2.75, 3.05) is 0 Å². The summed E-state index contributed by atoms with van der Waals surface area (Å²) in [6, 6.07) is 81.8. The highest BCUT2D eigenvalue weighted by Crippen LogP contribution is 2.42. The molecule has 3 heterocycles. The molecule has 0 aliphatic carbocycles. The summed E-state index contributed by atoms with van der Waals surface area (Å²) in [6.45, 7) is 13.9. The van der Waals surface area contributed by atoms with Crippen LogP contribution in [0.4, 0.5) is 0 Å². The lowest BCUT2D eigenvalue weighted by atomic mass is 9.79. The molecular weight excluding hydrogens is 879 g/mol. The van der Waals surface area contributed by atoms with Gasteiger partial charge in [-0.3, -0.25) is 4.57 Å². The van der Waals surface area contributed by atoms with Gasteiger partial charge in [0.1, 0.15) is 0 Å². The first-order chi connectivity index (χ1) is 34.5. The monoisotopic (exact) mass is 933 g/mol. The van der Waals surface area contributed by atoms with Gasteiger partial charge in [-0.1, -0.05) is 230 Å². The molecule has 0 bridgehead atoms. The SMILES string of the molecule is CC(C)(C)c1cc(C(C)(C)C)c2c(c1)c1ccccc1n2-c1cccc(-c2nc(-c3cccc([Si](c4ccccc4)(c4ccccc4)c4ccccc4)c3)nc(-n3c4ccccc4c4ccccc43)n2)c1. The second-order valence-electron chi connectivity index (χ2n) is 20.9. The highest BCUT2D eigenvalue weighted by atomic mass is 28.3. The highest BCUT2D eigenvalue weighted by Gasteiger charge is 2.41. The van der Waals surface area contributed by atoms with Crippen molar-refractivity contribution in [2.45, 2.75) is 52.4 Å². The highest BCUT2D eigenvalue weighted by molar-refractivity contribution is 7.19. The van der Waals surface area contributed by atoms with E-state index in [-0.39, 0.29) is 10.8 Å².